The fourth-order valence-corrected chi connectivity index (χ4v) is 3.28. The van der Waals surface area contributed by atoms with E-state index in [0.29, 0.717) is 12.3 Å². The highest BCUT2D eigenvalue weighted by atomic mass is 16.2. The number of carbonyl (C=O) groups is 1. The molecule has 1 heterocycles. The van der Waals surface area contributed by atoms with Crippen molar-refractivity contribution >= 4 is 5.91 Å². The third-order valence-electron chi connectivity index (χ3n) is 4.75. The summed E-state index contributed by atoms with van der Waals surface area (Å²) in [5.41, 5.74) is 8.65. The predicted octanol–water partition coefficient (Wildman–Crippen LogP) is 3.47. The van der Waals surface area contributed by atoms with E-state index in [-0.39, 0.29) is 18.0 Å². The Morgan fingerprint density at radius 1 is 1.23 bits per heavy atom. The van der Waals surface area contributed by atoms with Crippen LogP contribution >= 0.6 is 0 Å². The quantitative estimate of drug-likeness (QED) is 0.905. The SMILES string of the molecule is CC(C)c1ccc(CCC(=O)N2CCCCC2C(C)N)cc1. The first-order chi connectivity index (χ1) is 10.5. The number of amides is 1. The maximum absolute atomic E-state index is 12.5. The molecule has 2 unspecified atom stereocenters. The summed E-state index contributed by atoms with van der Waals surface area (Å²) in [5.74, 6) is 0.811. The first kappa shape index (κ1) is 17.0. The van der Waals surface area contributed by atoms with E-state index in [1.54, 1.807) is 0 Å². The average Bonchev–Trinajstić information content (AvgIpc) is 2.53. The Bertz CT molecular complexity index is 479. The molecule has 0 aromatic heterocycles. The van der Waals surface area contributed by atoms with Crippen LogP contribution in [-0.2, 0) is 11.2 Å². The van der Waals surface area contributed by atoms with Crippen molar-refractivity contribution in [2.45, 2.75) is 70.9 Å². The minimum atomic E-state index is 0.0644. The van der Waals surface area contributed by atoms with Crippen LogP contribution in [0.4, 0.5) is 0 Å². The smallest absolute Gasteiger partial charge is 0.223 e. The van der Waals surface area contributed by atoms with E-state index in [4.69, 9.17) is 5.73 Å². The van der Waals surface area contributed by atoms with Crippen molar-refractivity contribution in [3.63, 3.8) is 0 Å². The second-order valence-corrected chi connectivity index (χ2v) is 6.91. The number of benzene rings is 1. The van der Waals surface area contributed by atoms with Gasteiger partial charge in [0.1, 0.15) is 0 Å². The zero-order valence-corrected chi connectivity index (χ0v) is 14.2. The molecule has 2 atom stereocenters. The largest absolute Gasteiger partial charge is 0.338 e. The van der Waals surface area contributed by atoms with Crippen LogP contribution in [0, 0.1) is 0 Å². The van der Waals surface area contributed by atoms with Crippen LogP contribution in [-0.4, -0.2) is 29.4 Å². The van der Waals surface area contributed by atoms with E-state index in [9.17, 15) is 4.79 Å². The van der Waals surface area contributed by atoms with Crippen molar-refractivity contribution in [2.75, 3.05) is 6.54 Å². The third-order valence-corrected chi connectivity index (χ3v) is 4.75. The highest BCUT2D eigenvalue weighted by Gasteiger charge is 2.28. The lowest BCUT2D eigenvalue weighted by atomic mass is 9.96. The van der Waals surface area contributed by atoms with E-state index < -0.39 is 0 Å². The van der Waals surface area contributed by atoms with E-state index in [0.717, 1.165) is 25.8 Å². The van der Waals surface area contributed by atoms with Crippen molar-refractivity contribution in [1.29, 1.82) is 0 Å². The Kier molecular flexibility index (Phi) is 6.01. The molecule has 22 heavy (non-hydrogen) atoms. The van der Waals surface area contributed by atoms with Gasteiger partial charge in [0.2, 0.25) is 5.91 Å². The summed E-state index contributed by atoms with van der Waals surface area (Å²) < 4.78 is 0. The molecule has 3 heteroatoms. The lowest BCUT2D eigenvalue weighted by Crippen LogP contribution is -2.51. The minimum Gasteiger partial charge on any atom is -0.338 e. The standard InChI is InChI=1S/C19H30N2O/c1-14(2)17-10-7-16(8-11-17)9-12-19(22)21-13-5-4-6-18(21)15(3)20/h7-8,10-11,14-15,18H,4-6,9,12-13,20H2,1-3H3. The summed E-state index contributed by atoms with van der Waals surface area (Å²) in [5, 5.41) is 0. The fourth-order valence-electron chi connectivity index (χ4n) is 3.28. The van der Waals surface area contributed by atoms with Gasteiger partial charge in [-0.05, 0) is 49.7 Å². The van der Waals surface area contributed by atoms with E-state index in [1.807, 2.05) is 11.8 Å². The van der Waals surface area contributed by atoms with Crippen molar-refractivity contribution in [1.82, 2.24) is 4.90 Å². The van der Waals surface area contributed by atoms with Gasteiger partial charge < -0.3 is 10.6 Å². The zero-order chi connectivity index (χ0) is 16.1. The molecule has 1 aliphatic rings. The molecule has 0 aliphatic carbocycles. The Hall–Kier alpha value is -1.35. The molecule has 2 rings (SSSR count). The number of nitrogens with zero attached hydrogens (tertiary/aromatic N) is 1. The molecular formula is C19H30N2O. The Balaban J connectivity index is 1.91. The molecule has 1 aromatic rings. The monoisotopic (exact) mass is 302 g/mol. The zero-order valence-electron chi connectivity index (χ0n) is 14.2. The molecule has 1 saturated heterocycles. The summed E-state index contributed by atoms with van der Waals surface area (Å²) >= 11 is 0. The molecule has 0 saturated carbocycles. The summed E-state index contributed by atoms with van der Waals surface area (Å²) in [6.07, 6.45) is 4.75. The van der Waals surface area contributed by atoms with Gasteiger partial charge in [-0.1, -0.05) is 38.1 Å². The maximum Gasteiger partial charge on any atom is 0.223 e. The number of likely N-dealkylation sites (tertiary alicyclic amines) is 1. The van der Waals surface area contributed by atoms with Crippen LogP contribution in [0.3, 0.4) is 0 Å². The van der Waals surface area contributed by atoms with Gasteiger partial charge >= 0.3 is 0 Å². The number of hydrogen-bond acceptors (Lipinski definition) is 2. The Morgan fingerprint density at radius 2 is 1.91 bits per heavy atom. The van der Waals surface area contributed by atoms with Gasteiger partial charge in [-0.15, -0.1) is 0 Å². The average molecular weight is 302 g/mol. The van der Waals surface area contributed by atoms with Gasteiger partial charge in [-0.3, -0.25) is 4.79 Å². The van der Waals surface area contributed by atoms with Crippen LogP contribution in [0.5, 0.6) is 0 Å². The summed E-state index contributed by atoms with van der Waals surface area (Å²) in [4.78, 5) is 14.6. The summed E-state index contributed by atoms with van der Waals surface area (Å²) in [6, 6.07) is 8.95. The number of nitrogens with two attached hydrogens (primary N) is 1. The first-order valence-corrected chi connectivity index (χ1v) is 8.63. The number of rotatable bonds is 5. The predicted molar refractivity (Wildman–Crippen MR) is 91.9 cm³/mol. The molecule has 3 nitrogen and oxygen atoms in total. The van der Waals surface area contributed by atoms with Gasteiger partial charge in [-0.25, -0.2) is 0 Å². The second kappa shape index (κ2) is 7.77. The lowest BCUT2D eigenvalue weighted by Gasteiger charge is -2.38. The van der Waals surface area contributed by atoms with Crippen molar-refractivity contribution < 1.29 is 4.79 Å². The van der Waals surface area contributed by atoms with Gasteiger partial charge in [0.15, 0.2) is 0 Å². The van der Waals surface area contributed by atoms with Crippen LogP contribution in [0.2, 0.25) is 0 Å². The van der Waals surface area contributed by atoms with Crippen molar-refractivity contribution in [3.8, 4) is 0 Å². The molecule has 122 valence electrons. The van der Waals surface area contributed by atoms with Crippen LogP contribution in [0.25, 0.3) is 0 Å². The van der Waals surface area contributed by atoms with Crippen LogP contribution in [0.15, 0.2) is 24.3 Å². The van der Waals surface area contributed by atoms with E-state index >= 15 is 0 Å². The number of carbonyl (C=O) groups excluding carboxylic acids is 1. The van der Waals surface area contributed by atoms with E-state index in [1.165, 1.54) is 17.5 Å². The topological polar surface area (TPSA) is 46.3 Å². The summed E-state index contributed by atoms with van der Waals surface area (Å²) in [7, 11) is 0. The molecule has 1 amide bonds. The lowest BCUT2D eigenvalue weighted by molar-refractivity contribution is -0.135. The molecule has 0 bridgehead atoms. The molecule has 0 radical (unpaired) electrons. The molecule has 1 aromatic carbocycles. The van der Waals surface area contributed by atoms with Gasteiger partial charge in [0, 0.05) is 25.0 Å². The summed E-state index contributed by atoms with van der Waals surface area (Å²) in [6.45, 7) is 7.28. The Labute approximate surface area is 134 Å². The van der Waals surface area contributed by atoms with E-state index in [2.05, 4.69) is 38.1 Å². The highest BCUT2D eigenvalue weighted by Crippen LogP contribution is 2.21. The van der Waals surface area contributed by atoms with Crippen LogP contribution < -0.4 is 5.73 Å². The number of hydrogen-bond donors (Lipinski definition) is 1. The van der Waals surface area contributed by atoms with Gasteiger partial charge in [0.05, 0.1) is 0 Å². The van der Waals surface area contributed by atoms with Crippen molar-refractivity contribution in [2.24, 2.45) is 5.73 Å². The normalized spacial score (nSPS) is 20.2. The fraction of sp³-hybridized carbons (Fsp3) is 0.632. The van der Waals surface area contributed by atoms with Crippen LogP contribution in [0.1, 0.15) is 63.5 Å². The Morgan fingerprint density at radius 3 is 2.50 bits per heavy atom. The van der Waals surface area contributed by atoms with Gasteiger partial charge in [0.25, 0.3) is 0 Å². The first-order valence-electron chi connectivity index (χ1n) is 8.63. The highest BCUT2D eigenvalue weighted by molar-refractivity contribution is 5.77. The second-order valence-electron chi connectivity index (χ2n) is 6.91. The molecule has 1 fully saturated rings. The van der Waals surface area contributed by atoms with Gasteiger partial charge in [-0.2, -0.15) is 0 Å². The maximum atomic E-state index is 12.5. The number of piperidine rings is 1. The molecule has 1 aliphatic heterocycles. The number of aryl methyl sites for hydroxylation is 1. The molecular weight excluding hydrogens is 272 g/mol. The third kappa shape index (κ3) is 4.33. The molecule has 0 spiro atoms. The molecule has 2 N–H and O–H groups in total. The minimum absolute atomic E-state index is 0.0644. The van der Waals surface area contributed by atoms with Crippen molar-refractivity contribution in [3.05, 3.63) is 35.4 Å².